The fraction of sp³-hybridized carbons (Fsp3) is 0.625. The van der Waals surface area contributed by atoms with Crippen molar-refractivity contribution in [1.29, 1.82) is 0 Å². The zero-order valence-corrected chi connectivity index (χ0v) is 10.0. The van der Waals surface area contributed by atoms with Gasteiger partial charge in [0, 0.05) is 5.92 Å². The molecule has 0 bridgehead atoms. The van der Waals surface area contributed by atoms with Crippen LogP contribution in [-0.2, 0) is 0 Å². The molecule has 3 N–H and O–H groups in total. The summed E-state index contributed by atoms with van der Waals surface area (Å²) in [7, 11) is 0. The topological polar surface area (TPSA) is 59.1 Å². The molecule has 0 fully saturated rings. The van der Waals surface area contributed by atoms with Crippen molar-refractivity contribution in [2.45, 2.75) is 25.8 Å². The second-order valence-electron chi connectivity index (χ2n) is 3.15. The highest BCUT2D eigenvalue weighted by Gasteiger charge is 2.16. The van der Waals surface area contributed by atoms with Crippen LogP contribution in [0.4, 0.5) is 0 Å². The first-order valence-corrected chi connectivity index (χ1v) is 5.69. The summed E-state index contributed by atoms with van der Waals surface area (Å²) >= 11 is 4.97. The van der Waals surface area contributed by atoms with Crippen molar-refractivity contribution in [3.63, 3.8) is 0 Å². The van der Waals surface area contributed by atoms with Gasteiger partial charge in [0.1, 0.15) is 0 Å². The molecule has 1 rings (SSSR count). The first kappa shape index (κ1) is 11.1. The van der Waals surface area contributed by atoms with Gasteiger partial charge < -0.3 is 10.8 Å². The van der Waals surface area contributed by atoms with E-state index in [1.807, 2.05) is 0 Å². The zero-order valence-electron chi connectivity index (χ0n) is 7.62. The van der Waals surface area contributed by atoms with Gasteiger partial charge in [0.2, 0.25) is 0 Å². The molecule has 3 nitrogen and oxygen atoms in total. The minimum atomic E-state index is -0.377. The minimum absolute atomic E-state index is 0.0696. The highest BCUT2D eigenvalue weighted by molar-refractivity contribution is 9.11. The predicted octanol–water partition coefficient (Wildman–Crippen LogP) is 2.02. The van der Waals surface area contributed by atoms with E-state index in [9.17, 15) is 0 Å². The summed E-state index contributed by atoms with van der Waals surface area (Å²) in [6, 6.07) is -0.377. The number of thiazole rings is 1. The van der Waals surface area contributed by atoms with Gasteiger partial charge >= 0.3 is 0 Å². The molecule has 5 heteroatoms. The van der Waals surface area contributed by atoms with Crippen molar-refractivity contribution in [3.05, 3.63) is 14.5 Å². The van der Waals surface area contributed by atoms with E-state index in [0.717, 1.165) is 14.5 Å². The van der Waals surface area contributed by atoms with Crippen molar-refractivity contribution in [3.8, 4) is 0 Å². The molecule has 0 saturated carbocycles. The summed E-state index contributed by atoms with van der Waals surface area (Å²) in [6.45, 7) is 4.10. The maximum atomic E-state index is 8.88. The van der Waals surface area contributed by atoms with Crippen LogP contribution in [0, 0.1) is 0 Å². The maximum Gasteiger partial charge on any atom is 0.0966 e. The Labute approximate surface area is 90.1 Å². The van der Waals surface area contributed by atoms with Crippen LogP contribution >= 0.6 is 27.3 Å². The Balaban J connectivity index is 2.96. The molecule has 0 spiro atoms. The fourth-order valence-electron chi connectivity index (χ4n) is 0.892. The molecule has 1 atom stereocenters. The Hall–Kier alpha value is 0.0300. The normalized spacial score (nSPS) is 13.7. The number of rotatable bonds is 3. The molecule has 0 aliphatic carbocycles. The van der Waals surface area contributed by atoms with Crippen LogP contribution in [-0.4, -0.2) is 16.7 Å². The van der Waals surface area contributed by atoms with Crippen molar-refractivity contribution in [2.24, 2.45) is 5.73 Å². The monoisotopic (exact) mass is 264 g/mol. The lowest BCUT2D eigenvalue weighted by Gasteiger charge is -2.04. The van der Waals surface area contributed by atoms with E-state index in [2.05, 4.69) is 34.8 Å². The van der Waals surface area contributed by atoms with E-state index in [1.165, 1.54) is 0 Å². The highest BCUT2D eigenvalue weighted by Crippen LogP contribution is 2.31. The van der Waals surface area contributed by atoms with E-state index in [1.54, 1.807) is 11.3 Å². The third-order valence-electron chi connectivity index (χ3n) is 1.67. The molecule has 0 aliphatic heterocycles. The van der Waals surface area contributed by atoms with Gasteiger partial charge in [0.25, 0.3) is 0 Å². The SMILES string of the molecule is CC(C)c1nc(C(N)CO)c(Br)s1. The molecule has 0 saturated heterocycles. The van der Waals surface area contributed by atoms with Gasteiger partial charge in [-0.15, -0.1) is 11.3 Å². The van der Waals surface area contributed by atoms with E-state index in [-0.39, 0.29) is 12.6 Å². The number of nitrogens with two attached hydrogens (primary N) is 1. The first-order chi connectivity index (χ1) is 6.06. The van der Waals surface area contributed by atoms with Crippen LogP contribution in [0.2, 0.25) is 0 Å². The van der Waals surface area contributed by atoms with Crippen molar-refractivity contribution < 1.29 is 5.11 Å². The minimum Gasteiger partial charge on any atom is -0.394 e. The van der Waals surface area contributed by atoms with Crippen LogP contribution in [0.1, 0.15) is 36.5 Å². The summed E-state index contributed by atoms with van der Waals surface area (Å²) in [4.78, 5) is 4.37. The first-order valence-electron chi connectivity index (χ1n) is 4.08. The molecule has 0 radical (unpaired) electrons. The number of hydrogen-bond acceptors (Lipinski definition) is 4. The van der Waals surface area contributed by atoms with Gasteiger partial charge in [-0.05, 0) is 15.9 Å². The van der Waals surface area contributed by atoms with E-state index in [0.29, 0.717) is 5.92 Å². The molecule has 74 valence electrons. The van der Waals surface area contributed by atoms with E-state index >= 15 is 0 Å². The lowest BCUT2D eigenvalue weighted by molar-refractivity contribution is 0.266. The number of aromatic nitrogens is 1. The summed E-state index contributed by atoms with van der Waals surface area (Å²) in [5.74, 6) is 0.404. The molecule has 1 unspecified atom stereocenters. The van der Waals surface area contributed by atoms with Gasteiger partial charge in [-0.1, -0.05) is 13.8 Å². The Kier molecular flexibility index (Phi) is 3.85. The number of nitrogens with zero attached hydrogens (tertiary/aromatic N) is 1. The van der Waals surface area contributed by atoms with Crippen LogP contribution in [0.25, 0.3) is 0 Å². The zero-order chi connectivity index (χ0) is 10.0. The largest absolute Gasteiger partial charge is 0.394 e. The quantitative estimate of drug-likeness (QED) is 0.879. The van der Waals surface area contributed by atoms with Crippen LogP contribution in [0.3, 0.4) is 0 Å². The second-order valence-corrected chi connectivity index (χ2v) is 5.50. The highest BCUT2D eigenvalue weighted by atomic mass is 79.9. The molecular weight excluding hydrogens is 252 g/mol. The van der Waals surface area contributed by atoms with Crippen molar-refractivity contribution in [1.82, 2.24) is 4.98 Å². The number of aliphatic hydroxyl groups is 1. The van der Waals surface area contributed by atoms with Gasteiger partial charge in [-0.3, -0.25) is 0 Å². The second kappa shape index (κ2) is 4.50. The standard InChI is InChI=1S/C8H13BrN2OS/c1-4(2)8-11-6(5(10)3-12)7(9)13-8/h4-5,12H,3,10H2,1-2H3. The Morgan fingerprint density at radius 2 is 2.23 bits per heavy atom. The molecule has 0 aromatic carbocycles. The molecule has 1 aromatic rings. The summed E-state index contributed by atoms with van der Waals surface area (Å²) in [5, 5.41) is 9.93. The molecule has 1 aromatic heterocycles. The molecule has 0 aliphatic rings. The van der Waals surface area contributed by atoms with Gasteiger partial charge in [-0.25, -0.2) is 4.98 Å². The van der Waals surface area contributed by atoms with Gasteiger partial charge in [0.15, 0.2) is 0 Å². The summed E-state index contributed by atoms with van der Waals surface area (Å²) < 4.78 is 0.928. The van der Waals surface area contributed by atoms with Crippen LogP contribution in [0.15, 0.2) is 3.79 Å². The van der Waals surface area contributed by atoms with Gasteiger partial charge in [0.05, 0.1) is 27.1 Å². The smallest absolute Gasteiger partial charge is 0.0966 e. The molecular formula is C8H13BrN2OS. The summed E-state index contributed by atoms with van der Waals surface area (Å²) in [5.41, 5.74) is 6.43. The Morgan fingerprint density at radius 3 is 2.62 bits per heavy atom. The van der Waals surface area contributed by atoms with E-state index < -0.39 is 0 Å². The number of aliphatic hydroxyl groups excluding tert-OH is 1. The van der Waals surface area contributed by atoms with Crippen LogP contribution in [0.5, 0.6) is 0 Å². The average Bonchev–Trinajstić information content (AvgIpc) is 2.46. The van der Waals surface area contributed by atoms with Crippen LogP contribution < -0.4 is 5.73 Å². The Morgan fingerprint density at radius 1 is 1.62 bits per heavy atom. The van der Waals surface area contributed by atoms with Crippen molar-refractivity contribution >= 4 is 27.3 Å². The molecule has 1 heterocycles. The predicted molar refractivity (Wildman–Crippen MR) is 57.9 cm³/mol. The molecule has 0 amide bonds. The van der Waals surface area contributed by atoms with Gasteiger partial charge in [-0.2, -0.15) is 0 Å². The van der Waals surface area contributed by atoms with E-state index in [4.69, 9.17) is 10.8 Å². The average molecular weight is 265 g/mol. The lowest BCUT2D eigenvalue weighted by atomic mass is 10.2. The number of halogens is 1. The fourth-order valence-corrected chi connectivity index (χ4v) is 2.64. The van der Waals surface area contributed by atoms with Crippen molar-refractivity contribution in [2.75, 3.05) is 6.61 Å². The maximum absolute atomic E-state index is 8.88. The third kappa shape index (κ3) is 2.49. The summed E-state index contributed by atoms with van der Waals surface area (Å²) in [6.07, 6.45) is 0. The third-order valence-corrected chi connectivity index (χ3v) is 3.72. The Bertz CT molecular complexity index is 288. The lowest BCUT2D eigenvalue weighted by Crippen LogP contribution is -2.15. The molecule has 13 heavy (non-hydrogen) atoms. The number of hydrogen-bond donors (Lipinski definition) is 2.